The van der Waals surface area contributed by atoms with E-state index in [2.05, 4.69) is 34.8 Å². The van der Waals surface area contributed by atoms with Gasteiger partial charge in [-0.25, -0.2) is 4.98 Å². The first-order valence-corrected chi connectivity index (χ1v) is 7.11. The van der Waals surface area contributed by atoms with Gasteiger partial charge in [-0.3, -0.25) is 0 Å². The molecule has 4 heteroatoms. The standard InChI is InChI=1S/C13H17BrClNO/c1-13(2)5-3-10(4-6-13)17-12-11(14)7-9(15)8-16-12/h7-8,10H,3-6H2,1-2H3. The molecule has 0 spiro atoms. The Labute approximate surface area is 116 Å². The summed E-state index contributed by atoms with van der Waals surface area (Å²) >= 11 is 9.27. The fraction of sp³-hybridized carbons (Fsp3) is 0.615. The molecule has 0 radical (unpaired) electrons. The molecular formula is C13H17BrClNO. The molecule has 0 saturated heterocycles. The fourth-order valence-corrected chi connectivity index (χ4v) is 2.87. The van der Waals surface area contributed by atoms with Crippen LogP contribution in [-0.4, -0.2) is 11.1 Å². The summed E-state index contributed by atoms with van der Waals surface area (Å²) in [6.07, 6.45) is 6.53. The average molecular weight is 319 g/mol. The molecule has 0 atom stereocenters. The lowest BCUT2D eigenvalue weighted by Gasteiger charge is -2.34. The van der Waals surface area contributed by atoms with Crippen LogP contribution in [0.1, 0.15) is 39.5 Å². The highest BCUT2D eigenvalue weighted by Crippen LogP contribution is 2.37. The summed E-state index contributed by atoms with van der Waals surface area (Å²) in [5, 5.41) is 0.619. The smallest absolute Gasteiger partial charge is 0.228 e. The van der Waals surface area contributed by atoms with Crippen LogP contribution in [0.2, 0.25) is 5.02 Å². The van der Waals surface area contributed by atoms with Crippen LogP contribution in [0.15, 0.2) is 16.7 Å². The first-order valence-electron chi connectivity index (χ1n) is 5.94. The highest BCUT2D eigenvalue weighted by atomic mass is 79.9. The summed E-state index contributed by atoms with van der Waals surface area (Å²) in [5.74, 6) is 0.652. The van der Waals surface area contributed by atoms with Crippen LogP contribution in [-0.2, 0) is 0 Å². The first kappa shape index (κ1) is 13.2. The molecule has 94 valence electrons. The number of halogens is 2. The number of rotatable bonds is 2. The molecule has 1 aliphatic rings. The van der Waals surface area contributed by atoms with Gasteiger partial charge in [-0.1, -0.05) is 25.4 Å². The summed E-state index contributed by atoms with van der Waals surface area (Å²) in [5.41, 5.74) is 0.463. The molecule has 0 aromatic carbocycles. The van der Waals surface area contributed by atoms with Crippen molar-refractivity contribution in [2.24, 2.45) is 5.41 Å². The molecule has 1 aromatic heterocycles. The van der Waals surface area contributed by atoms with Crippen molar-refractivity contribution in [2.45, 2.75) is 45.6 Å². The minimum Gasteiger partial charge on any atom is -0.474 e. The summed E-state index contributed by atoms with van der Waals surface area (Å²) in [6.45, 7) is 4.64. The van der Waals surface area contributed by atoms with Crippen molar-refractivity contribution < 1.29 is 4.74 Å². The van der Waals surface area contributed by atoms with Gasteiger partial charge in [0.05, 0.1) is 9.50 Å². The third-order valence-electron chi connectivity index (χ3n) is 3.34. The largest absolute Gasteiger partial charge is 0.474 e. The maximum Gasteiger partial charge on any atom is 0.228 e. The van der Waals surface area contributed by atoms with E-state index in [4.69, 9.17) is 16.3 Å². The van der Waals surface area contributed by atoms with E-state index in [0.717, 1.165) is 17.3 Å². The molecule has 0 N–H and O–H groups in total. The average Bonchev–Trinajstić information content (AvgIpc) is 2.25. The lowest BCUT2D eigenvalue weighted by Crippen LogP contribution is -2.28. The number of pyridine rings is 1. The van der Waals surface area contributed by atoms with E-state index in [0.29, 0.717) is 16.3 Å². The zero-order valence-electron chi connectivity index (χ0n) is 10.2. The zero-order chi connectivity index (χ0) is 12.5. The number of aromatic nitrogens is 1. The van der Waals surface area contributed by atoms with E-state index in [1.807, 2.05) is 6.07 Å². The van der Waals surface area contributed by atoms with Gasteiger partial charge < -0.3 is 4.74 Å². The van der Waals surface area contributed by atoms with Crippen LogP contribution in [0.5, 0.6) is 5.88 Å². The van der Waals surface area contributed by atoms with Crippen LogP contribution < -0.4 is 4.74 Å². The van der Waals surface area contributed by atoms with E-state index >= 15 is 0 Å². The summed E-state index contributed by atoms with van der Waals surface area (Å²) in [4.78, 5) is 4.21. The molecule has 1 aliphatic carbocycles. The molecule has 1 aromatic rings. The van der Waals surface area contributed by atoms with Gasteiger partial charge in [-0.05, 0) is 53.1 Å². The van der Waals surface area contributed by atoms with Crippen molar-refractivity contribution in [2.75, 3.05) is 0 Å². The van der Waals surface area contributed by atoms with Gasteiger partial charge in [0.25, 0.3) is 0 Å². The van der Waals surface area contributed by atoms with Crippen molar-refractivity contribution in [3.8, 4) is 5.88 Å². The van der Waals surface area contributed by atoms with Crippen molar-refractivity contribution in [3.05, 3.63) is 21.8 Å². The Balaban J connectivity index is 1.98. The molecule has 1 saturated carbocycles. The highest BCUT2D eigenvalue weighted by Gasteiger charge is 2.28. The van der Waals surface area contributed by atoms with Crippen LogP contribution in [0, 0.1) is 5.41 Å². The number of ether oxygens (including phenoxy) is 1. The van der Waals surface area contributed by atoms with Gasteiger partial charge in [0.2, 0.25) is 5.88 Å². The van der Waals surface area contributed by atoms with Gasteiger partial charge in [-0.15, -0.1) is 0 Å². The van der Waals surface area contributed by atoms with Gasteiger partial charge in [0.15, 0.2) is 0 Å². The Morgan fingerprint density at radius 3 is 2.65 bits per heavy atom. The second-order valence-corrected chi connectivity index (χ2v) is 6.71. The summed E-state index contributed by atoms with van der Waals surface area (Å²) in [6, 6.07) is 1.82. The third kappa shape index (κ3) is 3.59. The topological polar surface area (TPSA) is 22.1 Å². The maximum atomic E-state index is 5.92. The molecule has 2 nitrogen and oxygen atoms in total. The van der Waals surface area contributed by atoms with Gasteiger partial charge in [-0.2, -0.15) is 0 Å². The van der Waals surface area contributed by atoms with Crippen molar-refractivity contribution in [1.29, 1.82) is 0 Å². The van der Waals surface area contributed by atoms with E-state index in [9.17, 15) is 0 Å². The molecule has 1 fully saturated rings. The monoisotopic (exact) mass is 317 g/mol. The van der Waals surface area contributed by atoms with Crippen LogP contribution in [0.25, 0.3) is 0 Å². The van der Waals surface area contributed by atoms with E-state index < -0.39 is 0 Å². The molecule has 1 heterocycles. The fourth-order valence-electron chi connectivity index (χ4n) is 2.14. The second-order valence-electron chi connectivity index (χ2n) is 5.42. The molecule has 0 aliphatic heterocycles. The van der Waals surface area contributed by atoms with Crippen LogP contribution in [0.3, 0.4) is 0 Å². The van der Waals surface area contributed by atoms with Crippen molar-refractivity contribution in [3.63, 3.8) is 0 Å². The van der Waals surface area contributed by atoms with Crippen molar-refractivity contribution in [1.82, 2.24) is 4.98 Å². The zero-order valence-corrected chi connectivity index (χ0v) is 12.5. The molecule has 0 bridgehead atoms. The Morgan fingerprint density at radius 2 is 2.06 bits per heavy atom. The van der Waals surface area contributed by atoms with Crippen LogP contribution >= 0.6 is 27.5 Å². The number of hydrogen-bond donors (Lipinski definition) is 0. The predicted octanol–water partition coefficient (Wildman–Crippen LogP) is 4.85. The molecule has 17 heavy (non-hydrogen) atoms. The minimum absolute atomic E-state index is 0.285. The predicted molar refractivity (Wildman–Crippen MR) is 73.6 cm³/mol. The molecule has 0 amide bonds. The van der Waals surface area contributed by atoms with Gasteiger partial charge in [0, 0.05) is 6.20 Å². The van der Waals surface area contributed by atoms with Gasteiger partial charge >= 0.3 is 0 Å². The maximum absolute atomic E-state index is 5.92. The Hall–Kier alpha value is -0.280. The van der Waals surface area contributed by atoms with E-state index in [-0.39, 0.29) is 6.10 Å². The molecular weight excluding hydrogens is 302 g/mol. The Kier molecular flexibility index (Phi) is 3.99. The van der Waals surface area contributed by atoms with E-state index in [1.54, 1.807) is 6.20 Å². The Bertz CT molecular complexity index is 398. The Morgan fingerprint density at radius 1 is 1.41 bits per heavy atom. The highest BCUT2D eigenvalue weighted by molar-refractivity contribution is 9.10. The van der Waals surface area contributed by atoms with Gasteiger partial charge in [0.1, 0.15) is 6.10 Å². The SMILES string of the molecule is CC1(C)CCC(Oc2ncc(Cl)cc2Br)CC1. The summed E-state index contributed by atoms with van der Waals surface area (Å²) in [7, 11) is 0. The minimum atomic E-state index is 0.285. The molecule has 0 unspecified atom stereocenters. The van der Waals surface area contributed by atoms with E-state index in [1.165, 1.54) is 12.8 Å². The second kappa shape index (κ2) is 5.15. The summed E-state index contributed by atoms with van der Waals surface area (Å²) < 4.78 is 6.75. The number of nitrogens with zero attached hydrogens (tertiary/aromatic N) is 1. The normalized spacial score (nSPS) is 20.2. The molecule has 2 rings (SSSR count). The lowest BCUT2D eigenvalue weighted by molar-refractivity contribution is 0.0942. The van der Waals surface area contributed by atoms with Crippen molar-refractivity contribution >= 4 is 27.5 Å². The third-order valence-corrected chi connectivity index (χ3v) is 4.11. The van der Waals surface area contributed by atoms with Crippen LogP contribution in [0.4, 0.5) is 0 Å². The quantitative estimate of drug-likeness (QED) is 0.778. The first-order chi connectivity index (χ1) is 7.96. The lowest BCUT2D eigenvalue weighted by atomic mass is 9.76. The number of hydrogen-bond acceptors (Lipinski definition) is 2.